The molecule has 0 saturated heterocycles. The molecule has 1 aromatic carbocycles. The van der Waals surface area contributed by atoms with Crippen molar-refractivity contribution in [1.82, 2.24) is 9.78 Å². The largest absolute Gasteiger partial charge is 0.396 e. The van der Waals surface area contributed by atoms with Crippen molar-refractivity contribution in [3.05, 3.63) is 40.7 Å². The van der Waals surface area contributed by atoms with Gasteiger partial charge < -0.3 is 5.73 Å². The fourth-order valence-corrected chi connectivity index (χ4v) is 2.26. The van der Waals surface area contributed by atoms with Crippen molar-refractivity contribution in [3.8, 4) is 5.69 Å². The van der Waals surface area contributed by atoms with Crippen LogP contribution < -0.4 is 5.73 Å². The lowest BCUT2D eigenvalue weighted by molar-refractivity contribution is 0.789. The van der Waals surface area contributed by atoms with Gasteiger partial charge in [-0.25, -0.2) is 4.68 Å². The standard InChI is InChI=1S/C15H21N3/c1-5-12-15(16)13(6-2)18(17-12)14-9-10(3)7-8-11(14)4/h7-9H,5-6,16H2,1-4H3. The van der Waals surface area contributed by atoms with Gasteiger partial charge in [-0.2, -0.15) is 5.10 Å². The third kappa shape index (κ3) is 2.01. The number of nitrogen functional groups attached to an aromatic ring is 1. The Bertz CT molecular complexity index is 567. The van der Waals surface area contributed by atoms with Crippen LogP contribution in [-0.2, 0) is 12.8 Å². The Labute approximate surface area is 109 Å². The quantitative estimate of drug-likeness (QED) is 0.899. The van der Waals surface area contributed by atoms with E-state index in [9.17, 15) is 0 Å². The molecule has 3 heteroatoms. The number of aryl methyl sites for hydroxylation is 3. The Morgan fingerprint density at radius 1 is 1.17 bits per heavy atom. The van der Waals surface area contributed by atoms with Crippen molar-refractivity contribution in [2.24, 2.45) is 0 Å². The maximum absolute atomic E-state index is 6.17. The van der Waals surface area contributed by atoms with E-state index in [-0.39, 0.29) is 0 Å². The molecule has 0 saturated carbocycles. The van der Waals surface area contributed by atoms with Gasteiger partial charge in [-0.3, -0.25) is 0 Å². The molecule has 0 amide bonds. The fourth-order valence-electron chi connectivity index (χ4n) is 2.26. The van der Waals surface area contributed by atoms with Gasteiger partial charge in [-0.1, -0.05) is 26.0 Å². The van der Waals surface area contributed by atoms with Crippen molar-refractivity contribution in [1.29, 1.82) is 0 Å². The Morgan fingerprint density at radius 2 is 1.89 bits per heavy atom. The molecule has 0 spiro atoms. The van der Waals surface area contributed by atoms with Crippen molar-refractivity contribution < 1.29 is 0 Å². The number of hydrogen-bond donors (Lipinski definition) is 1. The smallest absolute Gasteiger partial charge is 0.0858 e. The van der Waals surface area contributed by atoms with Crippen LogP contribution in [0.4, 0.5) is 5.69 Å². The molecule has 1 aromatic heterocycles. The predicted octanol–water partition coefficient (Wildman–Crippen LogP) is 3.20. The second kappa shape index (κ2) is 4.84. The average molecular weight is 243 g/mol. The van der Waals surface area contributed by atoms with E-state index in [1.165, 1.54) is 11.1 Å². The van der Waals surface area contributed by atoms with Gasteiger partial charge in [0.1, 0.15) is 0 Å². The van der Waals surface area contributed by atoms with E-state index in [4.69, 9.17) is 5.73 Å². The molecule has 0 bridgehead atoms. The minimum atomic E-state index is 0.848. The topological polar surface area (TPSA) is 43.8 Å². The van der Waals surface area contributed by atoms with Crippen LogP contribution in [0, 0.1) is 13.8 Å². The van der Waals surface area contributed by atoms with Gasteiger partial charge >= 0.3 is 0 Å². The van der Waals surface area contributed by atoms with Gasteiger partial charge in [0.15, 0.2) is 0 Å². The molecule has 0 unspecified atom stereocenters. The normalized spacial score (nSPS) is 10.9. The maximum Gasteiger partial charge on any atom is 0.0858 e. The lowest BCUT2D eigenvalue weighted by Crippen LogP contribution is -2.05. The monoisotopic (exact) mass is 243 g/mol. The average Bonchev–Trinajstić information content (AvgIpc) is 2.68. The highest BCUT2D eigenvalue weighted by atomic mass is 15.3. The lowest BCUT2D eigenvalue weighted by Gasteiger charge is -2.10. The summed E-state index contributed by atoms with van der Waals surface area (Å²) in [5.74, 6) is 0. The zero-order chi connectivity index (χ0) is 13.3. The third-order valence-corrected chi connectivity index (χ3v) is 3.36. The Hall–Kier alpha value is -1.77. The van der Waals surface area contributed by atoms with E-state index in [2.05, 4.69) is 51.0 Å². The number of benzene rings is 1. The zero-order valence-corrected chi connectivity index (χ0v) is 11.6. The van der Waals surface area contributed by atoms with Gasteiger partial charge in [0, 0.05) is 0 Å². The van der Waals surface area contributed by atoms with Crippen LogP contribution in [0.25, 0.3) is 5.69 Å². The molecule has 18 heavy (non-hydrogen) atoms. The molecule has 0 atom stereocenters. The molecule has 0 radical (unpaired) electrons. The molecule has 0 aliphatic carbocycles. The van der Waals surface area contributed by atoms with Crippen LogP contribution in [-0.4, -0.2) is 9.78 Å². The second-order valence-corrected chi connectivity index (χ2v) is 4.72. The summed E-state index contributed by atoms with van der Waals surface area (Å²) in [5.41, 5.74) is 12.7. The van der Waals surface area contributed by atoms with Gasteiger partial charge in [0.25, 0.3) is 0 Å². The first kappa shape index (κ1) is 12.7. The molecule has 96 valence electrons. The minimum Gasteiger partial charge on any atom is -0.396 e. The van der Waals surface area contributed by atoms with Crippen LogP contribution in [0.3, 0.4) is 0 Å². The van der Waals surface area contributed by atoms with Crippen LogP contribution in [0.5, 0.6) is 0 Å². The maximum atomic E-state index is 6.17. The first-order valence-corrected chi connectivity index (χ1v) is 6.52. The number of anilines is 1. The van der Waals surface area contributed by atoms with Gasteiger partial charge in [-0.15, -0.1) is 0 Å². The predicted molar refractivity (Wildman–Crippen MR) is 76.2 cm³/mol. The Balaban J connectivity index is 2.66. The first-order chi connectivity index (χ1) is 8.58. The molecule has 1 heterocycles. The molecule has 2 aromatic rings. The highest BCUT2D eigenvalue weighted by Crippen LogP contribution is 2.24. The van der Waals surface area contributed by atoms with Crippen molar-refractivity contribution in [3.63, 3.8) is 0 Å². The van der Waals surface area contributed by atoms with E-state index in [0.29, 0.717) is 0 Å². The molecule has 0 aliphatic heterocycles. The molecular formula is C15H21N3. The highest BCUT2D eigenvalue weighted by molar-refractivity contribution is 5.54. The second-order valence-electron chi connectivity index (χ2n) is 4.72. The molecule has 0 fully saturated rings. The summed E-state index contributed by atoms with van der Waals surface area (Å²) in [6.45, 7) is 8.42. The first-order valence-electron chi connectivity index (χ1n) is 6.52. The molecule has 0 aliphatic rings. The van der Waals surface area contributed by atoms with Gasteiger partial charge in [0.2, 0.25) is 0 Å². The summed E-state index contributed by atoms with van der Waals surface area (Å²) in [7, 11) is 0. The van der Waals surface area contributed by atoms with Crippen LogP contribution >= 0.6 is 0 Å². The van der Waals surface area contributed by atoms with Crippen molar-refractivity contribution in [2.75, 3.05) is 5.73 Å². The Kier molecular flexibility index (Phi) is 3.41. The van der Waals surface area contributed by atoms with E-state index < -0.39 is 0 Å². The minimum absolute atomic E-state index is 0.848. The fraction of sp³-hybridized carbons (Fsp3) is 0.400. The molecule has 2 N–H and O–H groups in total. The third-order valence-electron chi connectivity index (χ3n) is 3.36. The zero-order valence-electron chi connectivity index (χ0n) is 11.6. The summed E-state index contributed by atoms with van der Waals surface area (Å²) >= 11 is 0. The van der Waals surface area contributed by atoms with E-state index in [1.807, 2.05) is 4.68 Å². The molecule has 3 nitrogen and oxygen atoms in total. The van der Waals surface area contributed by atoms with Crippen molar-refractivity contribution >= 4 is 5.69 Å². The van der Waals surface area contributed by atoms with Crippen LogP contribution in [0.2, 0.25) is 0 Å². The van der Waals surface area contributed by atoms with Crippen LogP contribution in [0.1, 0.15) is 36.4 Å². The highest BCUT2D eigenvalue weighted by Gasteiger charge is 2.15. The molecular weight excluding hydrogens is 222 g/mol. The number of hydrogen-bond acceptors (Lipinski definition) is 2. The summed E-state index contributed by atoms with van der Waals surface area (Å²) in [6, 6.07) is 6.42. The van der Waals surface area contributed by atoms with Gasteiger partial charge in [0.05, 0.1) is 22.8 Å². The summed E-state index contributed by atoms with van der Waals surface area (Å²) in [4.78, 5) is 0. The van der Waals surface area contributed by atoms with Crippen molar-refractivity contribution in [2.45, 2.75) is 40.5 Å². The SMILES string of the molecule is CCc1nn(-c2cc(C)ccc2C)c(CC)c1N. The number of aromatic nitrogens is 2. The van der Waals surface area contributed by atoms with E-state index in [1.54, 1.807) is 0 Å². The lowest BCUT2D eigenvalue weighted by atomic mass is 10.1. The van der Waals surface area contributed by atoms with Crippen LogP contribution in [0.15, 0.2) is 18.2 Å². The summed E-state index contributed by atoms with van der Waals surface area (Å²) in [6.07, 6.45) is 1.77. The number of rotatable bonds is 3. The van der Waals surface area contributed by atoms with E-state index >= 15 is 0 Å². The molecule has 2 rings (SSSR count). The summed E-state index contributed by atoms with van der Waals surface area (Å²) in [5, 5.41) is 4.66. The van der Waals surface area contributed by atoms with E-state index in [0.717, 1.165) is 35.6 Å². The number of nitrogens with two attached hydrogens (primary N) is 1. The number of nitrogens with zero attached hydrogens (tertiary/aromatic N) is 2. The summed E-state index contributed by atoms with van der Waals surface area (Å²) < 4.78 is 2.01. The van der Waals surface area contributed by atoms with Gasteiger partial charge in [-0.05, 0) is 43.9 Å². The Morgan fingerprint density at radius 3 is 2.50 bits per heavy atom.